The third-order valence-corrected chi connectivity index (χ3v) is 18.0. The van der Waals surface area contributed by atoms with E-state index in [9.17, 15) is 87.1 Å². The van der Waals surface area contributed by atoms with E-state index in [1.807, 2.05) is 0 Å². The molecule has 89 heavy (non-hydrogen) atoms. The number of nitrogen functional groups attached to an aromatic ring is 1. The van der Waals surface area contributed by atoms with Gasteiger partial charge in [0.1, 0.15) is 42.3 Å². The van der Waals surface area contributed by atoms with E-state index in [-0.39, 0.29) is 39.4 Å². The summed E-state index contributed by atoms with van der Waals surface area (Å²) >= 11 is 4.77. The van der Waals surface area contributed by atoms with Crippen LogP contribution in [0.2, 0.25) is 5.28 Å². The van der Waals surface area contributed by atoms with E-state index < -0.39 is 175 Å². The lowest BCUT2D eigenvalue weighted by molar-refractivity contribution is -0.435. The van der Waals surface area contributed by atoms with Crippen LogP contribution in [-0.4, -0.2) is 120 Å². The lowest BCUT2D eigenvalue weighted by atomic mass is 10.1. The quantitative estimate of drug-likeness (QED) is 0.00514. The Bertz CT molecular complexity index is 5040. The SMILES string of the molecule is Nc1cc(Nc2nc(Cl)nc(Nc3cc(S(=O)(=O)O)cc4cc(S(=O)(=O)O)c(N=Nc5ccc6cc(SOOCCS(=O)OOO)ccc6c5S(=O)(=O)O)c(O)c34)n2)c(N=Nc2ccc(N=Nc3ccc(S(=O)(=O)O)cc3)cc2S(=O)(=O)O)cc1S(=O)(=O)O. The van der Waals surface area contributed by atoms with Gasteiger partial charge >= 0.3 is 0 Å². The Hall–Kier alpha value is -7.88. The first-order valence-electron chi connectivity index (χ1n) is 22.9. The van der Waals surface area contributed by atoms with Crippen molar-refractivity contribution in [2.75, 3.05) is 28.7 Å². The number of aromatic hydroxyl groups is 1. The molecule has 0 fully saturated rings. The Labute approximate surface area is 510 Å². The second kappa shape index (κ2) is 26.3. The van der Waals surface area contributed by atoms with Gasteiger partial charge < -0.3 is 21.5 Å². The zero-order valence-corrected chi connectivity index (χ0v) is 50.3. The van der Waals surface area contributed by atoms with Gasteiger partial charge in [-0.1, -0.05) is 17.2 Å². The van der Waals surface area contributed by atoms with Crippen molar-refractivity contribution in [3.63, 3.8) is 0 Å². The first kappa shape index (κ1) is 67.1. The summed E-state index contributed by atoms with van der Waals surface area (Å²) in [6.45, 7) is -0.319. The molecule has 470 valence electrons. The number of phenolic OH excluding ortho intramolecular Hbond substituents is 1. The van der Waals surface area contributed by atoms with Crippen molar-refractivity contribution in [3.8, 4) is 5.75 Å². The second-order valence-corrected chi connectivity index (χ2v) is 27.7. The van der Waals surface area contributed by atoms with Gasteiger partial charge in [-0.2, -0.15) is 80.0 Å². The number of nitrogens with zero attached hydrogens (tertiary/aromatic N) is 9. The smallest absolute Gasteiger partial charge is 0.297 e. The van der Waals surface area contributed by atoms with Crippen molar-refractivity contribution in [3.05, 3.63) is 108 Å². The third kappa shape index (κ3) is 16.7. The molecule has 7 aromatic carbocycles. The maximum absolute atomic E-state index is 12.9. The average Bonchev–Trinajstić information content (AvgIpc) is 0.856. The monoisotopic (exact) mass is 1410 g/mol. The number of azo groups is 3. The number of nitrogens with two attached hydrogens (primary N) is 1. The van der Waals surface area contributed by atoms with Crippen LogP contribution in [-0.2, 0) is 90.4 Å². The number of nitrogens with one attached hydrogen (secondary N) is 2. The number of hydrogen-bond donors (Lipinski definition) is 11. The van der Waals surface area contributed by atoms with Crippen LogP contribution in [0.15, 0.2) is 168 Å². The van der Waals surface area contributed by atoms with Crippen molar-refractivity contribution in [2.45, 2.75) is 34.3 Å². The van der Waals surface area contributed by atoms with Gasteiger partial charge in [0.05, 0.1) is 62.6 Å². The van der Waals surface area contributed by atoms with E-state index in [0.717, 1.165) is 54.6 Å². The molecule has 1 unspecified atom stereocenters. The fourth-order valence-corrected chi connectivity index (χ4v) is 12.3. The van der Waals surface area contributed by atoms with Crippen molar-refractivity contribution < 1.29 is 111 Å². The summed E-state index contributed by atoms with van der Waals surface area (Å²) in [6.07, 6.45) is 0. The van der Waals surface area contributed by atoms with E-state index in [1.165, 1.54) is 24.3 Å². The molecule has 0 saturated carbocycles. The Morgan fingerprint density at radius 1 is 0.562 bits per heavy atom. The standard InChI is InChI=1S/C43H33ClN12O25S8/c44-41-48-42(46-31-18-28(45)34(86(66,67)68)19-32(31)55-53-29-10-4-23(16-35(29)87(69,70)71)52-51-22-2-6-25(7-3-22)84(60,61)62)50-43(49-41)47-33-17-26(85(63,64)65)14-21-15-36(88(72,73)74)38(39(57)37(21)33)56-54-30-9-1-20-13-24(5-8-27(20)40(30)89(75,76)77)82-80-78-11-12-83(59)81-79-58/h1-10,13-19,57-58H,11-12,45H2,(H,60,61,62)(H,63,64,65)(H,66,67,68)(H,69,70,71)(H,72,73,74)(H,75,76,77)(H2,46,47,48,49,50). The maximum atomic E-state index is 12.9. The highest BCUT2D eigenvalue weighted by molar-refractivity contribution is 7.94. The largest absolute Gasteiger partial charge is 0.505 e. The lowest BCUT2D eigenvalue weighted by Gasteiger charge is -2.16. The zero-order valence-electron chi connectivity index (χ0n) is 43.0. The van der Waals surface area contributed by atoms with E-state index in [0.29, 0.717) is 36.3 Å². The molecule has 0 aliphatic rings. The second-order valence-electron chi connectivity index (χ2n) is 17.1. The van der Waals surface area contributed by atoms with Crippen LogP contribution < -0.4 is 16.4 Å². The molecular weight excluding hydrogens is 1380 g/mol. The van der Waals surface area contributed by atoms with Crippen LogP contribution in [0.25, 0.3) is 21.5 Å². The van der Waals surface area contributed by atoms with Gasteiger partial charge in [0, 0.05) is 15.7 Å². The number of halogens is 1. The molecule has 0 spiro atoms. The average molecular weight is 1410 g/mol. The van der Waals surface area contributed by atoms with Gasteiger partial charge in [-0.15, -0.1) is 24.8 Å². The minimum Gasteiger partial charge on any atom is -0.505 e. The maximum Gasteiger partial charge on any atom is 0.297 e. The van der Waals surface area contributed by atoms with Gasteiger partial charge in [0.25, 0.3) is 60.7 Å². The van der Waals surface area contributed by atoms with E-state index >= 15 is 0 Å². The summed E-state index contributed by atoms with van der Waals surface area (Å²) in [5.41, 5.74) is 0.887. The Balaban J connectivity index is 1.16. The number of anilines is 5. The molecule has 8 rings (SSSR count). The van der Waals surface area contributed by atoms with Crippen molar-refractivity contribution in [1.82, 2.24) is 15.0 Å². The van der Waals surface area contributed by atoms with E-state index in [4.69, 9.17) is 31.8 Å². The highest BCUT2D eigenvalue weighted by atomic mass is 35.5. The molecule has 37 nitrogen and oxygen atoms in total. The molecule has 1 heterocycles. The Morgan fingerprint density at radius 2 is 1.16 bits per heavy atom. The number of hydrogen-bond acceptors (Lipinski definition) is 32. The van der Waals surface area contributed by atoms with Crippen LogP contribution in [0.3, 0.4) is 0 Å². The molecule has 0 aliphatic heterocycles. The molecular formula is C43H33ClN12O25S8. The van der Waals surface area contributed by atoms with Gasteiger partial charge in [-0.25, -0.2) is 14.4 Å². The molecule has 0 saturated heterocycles. The number of aromatic nitrogens is 3. The van der Waals surface area contributed by atoms with Gasteiger partial charge in [-0.3, -0.25) is 27.3 Å². The highest BCUT2D eigenvalue weighted by Gasteiger charge is 2.28. The topological polar surface area (TPSA) is 584 Å². The molecule has 0 bridgehead atoms. The summed E-state index contributed by atoms with van der Waals surface area (Å²) in [4.78, 5) is 11.4. The highest BCUT2D eigenvalue weighted by Crippen LogP contribution is 2.47. The molecule has 0 radical (unpaired) electrons. The molecule has 1 atom stereocenters. The minimum absolute atomic E-state index is 0.0234. The number of rotatable bonds is 24. The minimum atomic E-state index is -5.54. The molecule has 0 amide bonds. The summed E-state index contributed by atoms with van der Waals surface area (Å²) < 4.78 is 230. The van der Waals surface area contributed by atoms with Crippen LogP contribution in [0.5, 0.6) is 5.75 Å². The molecule has 12 N–H and O–H groups in total. The van der Waals surface area contributed by atoms with E-state index in [1.54, 1.807) is 0 Å². The van der Waals surface area contributed by atoms with Crippen LogP contribution in [0.4, 0.5) is 63.1 Å². The number of phenols is 1. The number of benzene rings is 7. The summed E-state index contributed by atoms with van der Waals surface area (Å²) in [5.74, 6) is -2.94. The predicted octanol–water partition coefficient (Wildman–Crippen LogP) is 8.37. The zero-order chi connectivity index (χ0) is 65.2. The fraction of sp³-hybridized carbons (Fsp3) is 0.0465. The summed E-state index contributed by atoms with van der Waals surface area (Å²) in [7, 11) is -31.0. The normalized spacial score (nSPS) is 13.3. The third-order valence-electron chi connectivity index (χ3n) is 11.2. The first-order chi connectivity index (χ1) is 41.5. The van der Waals surface area contributed by atoms with Crippen LogP contribution >= 0.6 is 23.6 Å². The van der Waals surface area contributed by atoms with Gasteiger partial charge in [0.15, 0.2) is 16.8 Å². The fourth-order valence-electron chi connectivity index (χ4n) is 7.50. The lowest BCUT2D eigenvalue weighted by Crippen LogP contribution is -2.07. The molecule has 8 aromatic rings. The van der Waals surface area contributed by atoms with Gasteiger partial charge in [0.2, 0.25) is 17.2 Å². The van der Waals surface area contributed by atoms with Crippen molar-refractivity contribution in [1.29, 1.82) is 0 Å². The molecule has 1 aromatic heterocycles. The Morgan fingerprint density at radius 3 is 1.78 bits per heavy atom. The van der Waals surface area contributed by atoms with Gasteiger partial charge in [-0.05, 0) is 113 Å². The van der Waals surface area contributed by atoms with Crippen molar-refractivity contribution >= 4 is 180 Å². The summed E-state index contributed by atoms with van der Waals surface area (Å²) in [6, 6.07) is 16.4. The van der Waals surface area contributed by atoms with E-state index in [2.05, 4.69) is 65.6 Å². The number of fused-ring (bicyclic) bond motifs is 2. The summed E-state index contributed by atoms with van der Waals surface area (Å²) in [5, 5.41) is 49.2. The van der Waals surface area contributed by atoms with Crippen LogP contribution in [0, 0.1) is 0 Å². The molecule has 0 aliphatic carbocycles. The van der Waals surface area contributed by atoms with Crippen LogP contribution in [0.1, 0.15) is 0 Å². The Kier molecular flexibility index (Phi) is 19.8. The predicted molar refractivity (Wildman–Crippen MR) is 307 cm³/mol. The van der Waals surface area contributed by atoms with Crippen molar-refractivity contribution in [2.24, 2.45) is 30.7 Å². The first-order valence-corrected chi connectivity index (χ1v) is 34.0. The molecule has 46 heteroatoms.